The number of nitrogens with one attached hydrogen (secondary N) is 1. The summed E-state index contributed by atoms with van der Waals surface area (Å²) in [6, 6.07) is 5.34. The number of anilines is 1. The van der Waals surface area contributed by atoms with Crippen LogP contribution in [0.5, 0.6) is 0 Å². The minimum Gasteiger partial charge on any atom is -0.381 e. The predicted molar refractivity (Wildman–Crippen MR) is 62.8 cm³/mol. The lowest BCUT2D eigenvalue weighted by molar-refractivity contribution is -0.137. The van der Waals surface area contributed by atoms with Gasteiger partial charge in [-0.1, -0.05) is 25.5 Å². The molecule has 96 valence electrons. The van der Waals surface area contributed by atoms with Gasteiger partial charge in [-0.15, -0.1) is 0 Å². The normalized spacial score (nSPS) is 13.5. The Labute approximate surface area is 99.0 Å². The van der Waals surface area contributed by atoms with E-state index < -0.39 is 11.7 Å². The third-order valence-electron chi connectivity index (χ3n) is 2.51. The Morgan fingerprint density at radius 2 is 1.94 bits per heavy atom. The van der Waals surface area contributed by atoms with Gasteiger partial charge in [-0.25, -0.2) is 0 Å². The van der Waals surface area contributed by atoms with Crippen LogP contribution < -0.4 is 11.1 Å². The van der Waals surface area contributed by atoms with E-state index >= 15 is 0 Å². The first-order chi connectivity index (χ1) is 7.99. The molecule has 1 unspecified atom stereocenters. The van der Waals surface area contributed by atoms with Crippen molar-refractivity contribution in [2.24, 2.45) is 5.73 Å². The average Bonchev–Trinajstić information content (AvgIpc) is 2.27. The molecule has 1 atom stereocenters. The maximum Gasteiger partial charge on any atom is 0.418 e. The Kier molecular flexibility index (Phi) is 4.81. The number of hydrogen-bond donors (Lipinski definition) is 2. The fourth-order valence-electron chi connectivity index (χ4n) is 1.67. The Morgan fingerprint density at radius 3 is 2.47 bits per heavy atom. The molecule has 0 saturated carbocycles. The fourth-order valence-corrected chi connectivity index (χ4v) is 1.67. The van der Waals surface area contributed by atoms with Gasteiger partial charge in [-0.3, -0.25) is 0 Å². The summed E-state index contributed by atoms with van der Waals surface area (Å²) in [5.41, 5.74) is 4.98. The third kappa shape index (κ3) is 3.93. The van der Waals surface area contributed by atoms with E-state index in [0.717, 1.165) is 18.9 Å². The molecular formula is C12H17F3N2. The van der Waals surface area contributed by atoms with Crippen LogP contribution in [-0.2, 0) is 6.18 Å². The summed E-state index contributed by atoms with van der Waals surface area (Å²) in [6.45, 7) is 2.29. The summed E-state index contributed by atoms with van der Waals surface area (Å²) in [5, 5.41) is 2.86. The molecule has 0 aromatic heterocycles. The number of para-hydroxylation sites is 1. The van der Waals surface area contributed by atoms with E-state index in [4.69, 9.17) is 5.73 Å². The number of rotatable bonds is 5. The summed E-state index contributed by atoms with van der Waals surface area (Å²) in [4.78, 5) is 0. The quantitative estimate of drug-likeness (QED) is 0.837. The van der Waals surface area contributed by atoms with Crippen molar-refractivity contribution < 1.29 is 13.2 Å². The van der Waals surface area contributed by atoms with Gasteiger partial charge >= 0.3 is 6.18 Å². The first kappa shape index (κ1) is 13.8. The van der Waals surface area contributed by atoms with Crippen LogP contribution in [0.3, 0.4) is 0 Å². The molecule has 17 heavy (non-hydrogen) atoms. The molecule has 1 aromatic rings. The standard InChI is InChI=1S/C12H17F3N2/c1-2-5-9(8-16)17-11-7-4-3-6-10(11)12(13,14)15/h3-4,6-7,9,17H,2,5,8,16H2,1H3. The minimum absolute atomic E-state index is 0.101. The molecule has 0 amide bonds. The molecule has 0 aliphatic heterocycles. The average molecular weight is 246 g/mol. The van der Waals surface area contributed by atoms with E-state index in [-0.39, 0.29) is 11.7 Å². The van der Waals surface area contributed by atoms with Crippen LogP contribution in [0.4, 0.5) is 18.9 Å². The van der Waals surface area contributed by atoms with E-state index in [1.807, 2.05) is 6.92 Å². The number of alkyl halides is 3. The lowest BCUT2D eigenvalue weighted by atomic mass is 10.1. The monoisotopic (exact) mass is 246 g/mol. The zero-order valence-corrected chi connectivity index (χ0v) is 9.72. The maximum absolute atomic E-state index is 12.7. The molecule has 0 bridgehead atoms. The maximum atomic E-state index is 12.7. The molecule has 0 spiro atoms. The van der Waals surface area contributed by atoms with Crippen molar-refractivity contribution in [1.82, 2.24) is 0 Å². The van der Waals surface area contributed by atoms with Crippen LogP contribution >= 0.6 is 0 Å². The molecule has 1 aromatic carbocycles. The topological polar surface area (TPSA) is 38.0 Å². The number of benzene rings is 1. The molecule has 5 heteroatoms. The molecule has 0 heterocycles. The highest BCUT2D eigenvalue weighted by Gasteiger charge is 2.33. The highest BCUT2D eigenvalue weighted by atomic mass is 19.4. The minimum atomic E-state index is -4.34. The van der Waals surface area contributed by atoms with Crippen LogP contribution in [-0.4, -0.2) is 12.6 Å². The van der Waals surface area contributed by atoms with Crippen LogP contribution in [0.2, 0.25) is 0 Å². The molecule has 0 aliphatic carbocycles. The Hall–Kier alpha value is -1.23. The van der Waals surface area contributed by atoms with Crippen molar-refractivity contribution in [2.45, 2.75) is 32.0 Å². The first-order valence-corrected chi connectivity index (χ1v) is 5.61. The SMILES string of the molecule is CCCC(CN)Nc1ccccc1C(F)(F)F. The van der Waals surface area contributed by atoms with Gasteiger partial charge in [-0.2, -0.15) is 13.2 Å². The van der Waals surface area contributed by atoms with E-state index in [1.54, 1.807) is 6.07 Å². The highest BCUT2D eigenvalue weighted by molar-refractivity contribution is 5.53. The van der Waals surface area contributed by atoms with Gasteiger partial charge in [-0.05, 0) is 18.6 Å². The Bertz CT molecular complexity index is 350. The first-order valence-electron chi connectivity index (χ1n) is 5.61. The summed E-state index contributed by atoms with van der Waals surface area (Å²) in [6.07, 6.45) is -2.71. The lowest BCUT2D eigenvalue weighted by Gasteiger charge is -2.20. The number of halogens is 3. The van der Waals surface area contributed by atoms with Crippen LogP contribution in [0.1, 0.15) is 25.3 Å². The zero-order chi connectivity index (χ0) is 12.9. The van der Waals surface area contributed by atoms with Crippen LogP contribution in [0.25, 0.3) is 0 Å². The van der Waals surface area contributed by atoms with Gasteiger partial charge in [0.15, 0.2) is 0 Å². The van der Waals surface area contributed by atoms with Crippen molar-refractivity contribution in [3.05, 3.63) is 29.8 Å². The van der Waals surface area contributed by atoms with Gasteiger partial charge < -0.3 is 11.1 Å². The summed E-state index contributed by atoms with van der Waals surface area (Å²) < 4.78 is 38.2. The summed E-state index contributed by atoms with van der Waals surface area (Å²) in [5.74, 6) is 0. The molecule has 1 rings (SSSR count). The van der Waals surface area contributed by atoms with Crippen LogP contribution in [0.15, 0.2) is 24.3 Å². The van der Waals surface area contributed by atoms with Crippen molar-refractivity contribution >= 4 is 5.69 Å². The molecule has 0 fully saturated rings. The van der Waals surface area contributed by atoms with Crippen molar-refractivity contribution in [3.8, 4) is 0 Å². The third-order valence-corrected chi connectivity index (χ3v) is 2.51. The molecule has 2 nitrogen and oxygen atoms in total. The van der Waals surface area contributed by atoms with Crippen LogP contribution in [0, 0.1) is 0 Å². The smallest absolute Gasteiger partial charge is 0.381 e. The number of hydrogen-bond acceptors (Lipinski definition) is 2. The zero-order valence-electron chi connectivity index (χ0n) is 9.72. The Balaban J connectivity index is 2.90. The van der Waals surface area contributed by atoms with E-state index in [9.17, 15) is 13.2 Å². The summed E-state index contributed by atoms with van der Waals surface area (Å²) >= 11 is 0. The van der Waals surface area contributed by atoms with Crippen molar-refractivity contribution in [2.75, 3.05) is 11.9 Å². The predicted octanol–water partition coefficient (Wildman–Crippen LogP) is 3.24. The van der Waals surface area contributed by atoms with Gasteiger partial charge in [0, 0.05) is 18.3 Å². The van der Waals surface area contributed by atoms with Crippen molar-refractivity contribution in [3.63, 3.8) is 0 Å². The van der Waals surface area contributed by atoms with E-state index in [0.29, 0.717) is 6.54 Å². The molecular weight excluding hydrogens is 229 g/mol. The Morgan fingerprint density at radius 1 is 1.29 bits per heavy atom. The molecule has 0 saturated heterocycles. The second-order valence-electron chi connectivity index (χ2n) is 3.91. The van der Waals surface area contributed by atoms with Gasteiger partial charge in [0.1, 0.15) is 0 Å². The van der Waals surface area contributed by atoms with E-state index in [2.05, 4.69) is 5.32 Å². The molecule has 0 radical (unpaired) electrons. The molecule has 0 aliphatic rings. The largest absolute Gasteiger partial charge is 0.418 e. The second-order valence-corrected chi connectivity index (χ2v) is 3.91. The van der Waals surface area contributed by atoms with E-state index in [1.165, 1.54) is 12.1 Å². The van der Waals surface area contributed by atoms with Gasteiger partial charge in [0.25, 0.3) is 0 Å². The lowest BCUT2D eigenvalue weighted by Crippen LogP contribution is -2.29. The van der Waals surface area contributed by atoms with Crippen molar-refractivity contribution in [1.29, 1.82) is 0 Å². The van der Waals surface area contributed by atoms with Gasteiger partial charge in [0.05, 0.1) is 5.56 Å². The number of nitrogens with two attached hydrogens (primary N) is 1. The fraction of sp³-hybridized carbons (Fsp3) is 0.500. The second kappa shape index (κ2) is 5.91. The van der Waals surface area contributed by atoms with Gasteiger partial charge in [0.2, 0.25) is 0 Å². The molecule has 3 N–H and O–H groups in total. The highest BCUT2D eigenvalue weighted by Crippen LogP contribution is 2.34. The summed E-state index contributed by atoms with van der Waals surface area (Å²) in [7, 11) is 0.